The molecule has 0 aromatic carbocycles. The molecule has 1 aliphatic rings. The van der Waals surface area contributed by atoms with Gasteiger partial charge in [0.25, 0.3) is 5.56 Å². The van der Waals surface area contributed by atoms with E-state index in [4.69, 9.17) is 14.6 Å². The lowest BCUT2D eigenvalue weighted by Crippen LogP contribution is -2.47. The Hall–Kier alpha value is -1.55. The average molecular weight is 276 g/mol. The van der Waals surface area contributed by atoms with Gasteiger partial charge in [0, 0.05) is 19.4 Å². The van der Waals surface area contributed by atoms with Crippen LogP contribution in [0.3, 0.4) is 0 Å². The van der Waals surface area contributed by atoms with Crippen molar-refractivity contribution in [1.82, 2.24) is 9.55 Å². The molecule has 1 aromatic rings. The van der Waals surface area contributed by atoms with Crippen molar-refractivity contribution < 1.29 is 24.1 Å². The number of rotatable bonds is 3. The summed E-state index contributed by atoms with van der Waals surface area (Å²) in [5.74, 6) is -1.94. The van der Waals surface area contributed by atoms with Gasteiger partial charge in [0.15, 0.2) is 12.4 Å². The lowest BCUT2D eigenvalue weighted by Gasteiger charge is -2.27. The fraction of sp³-hybridized carbons (Fsp3) is 0.600. The van der Waals surface area contributed by atoms with Crippen molar-refractivity contribution >= 4 is 0 Å². The second-order valence-corrected chi connectivity index (χ2v) is 4.09. The second-order valence-electron chi connectivity index (χ2n) is 4.09. The summed E-state index contributed by atoms with van der Waals surface area (Å²) < 4.78 is 24.7. The van der Waals surface area contributed by atoms with Crippen molar-refractivity contribution in [3.05, 3.63) is 33.1 Å². The van der Waals surface area contributed by atoms with E-state index in [0.717, 1.165) is 23.9 Å². The molecular weight excluding hydrogens is 263 g/mol. The average Bonchev–Trinajstić information content (AvgIpc) is 2.64. The Morgan fingerprint density at radius 3 is 2.79 bits per heavy atom. The van der Waals surface area contributed by atoms with Gasteiger partial charge in [-0.15, -0.1) is 0 Å². The Labute approximate surface area is 106 Å². The summed E-state index contributed by atoms with van der Waals surface area (Å²) in [6.07, 6.45) is -4.25. The Balaban J connectivity index is 2.42. The highest BCUT2D eigenvalue weighted by Crippen LogP contribution is 2.38. The molecule has 0 saturated carbocycles. The molecule has 0 bridgehead atoms. The Morgan fingerprint density at radius 2 is 2.32 bits per heavy atom. The van der Waals surface area contributed by atoms with Crippen molar-refractivity contribution in [2.75, 3.05) is 13.7 Å². The van der Waals surface area contributed by atoms with Gasteiger partial charge in [-0.25, -0.2) is 9.18 Å². The third-order valence-electron chi connectivity index (χ3n) is 3.04. The summed E-state index contributed by atoms with van der Waals surface area (Å²) in [7, 11) is 1.13. The van der Waals surface area contributed by atoms with Gasteiger partial charge < -0.3 is 19.7 Å². The minimum absolute atomic E-state index is 0.643. The van der Waals surface area contributed by atoms with Gasteiger partial charge in [-0.05, 0) is 0 Å². The zero-order valence-corrected chi connectivity index (χ0v) is 9.95. The largest absolute Gasteiger partial charge is 0.391 e. The number of aromatic nitrogens is 2. The lowest BCUT2D eigenvalue weighted by atomic mass is 10.1. The molecule has 1 fully saturated rings. The molecule has 106 valence electrons. The lowest BCUT2D eigenvalue weighted by molar-refractivity contribution is -0.269. The Kier molecular flexibility index (Phi) is 3.54. The first-order valence-corrected chi connectivity index (χ1v) is 5.42. The van der Waals surface area contributed by atoms with Gasteiger partial charge in [0.2, 0.25) is 5.79 Å². The van der Waals surface area contributed by atoms with E-state index >= 15 is 0 Å². The summed E-state index contributed by atoms with van der Waals surface area (Å²) >= 11 is 0. The van der Waals surface area contributed by atoms with E-state index < -0.39 is 42.1 Å². The first-order chi connectivity index (χ1) is 8.95. The third-order valence-corrected chi connectivity index (χ3v) is 3.04. The van der Waals surface area contributed by atoms with Gasteiger partial charge >= 0.3 is 5.69 Å². The summed E-state index contributed by atoms with van der Waals surface area (Å²) in [6.45, 7) is -0.792. The third kappa shape index (κ3) is 2.10. The normalized spacial score (nSPS) is 34.6. The molecule has 0 spiro atoms. The summed E-state index contributed by atoms with van der Waals surface area (Å²) in [5, 5.41) is 18.9. The number of aliphatic hydroxyl groups excluding tert-OH is 2. The molecule has 0 radical (unpaired) electrons. The van der Waals surface area contributed by atoms with Crippen LogP contribution in [0.4, 0.5) is 4.39 Å². The highest BCUT2D eigenvalue weighted by atomic mass is 19.1. The van der Waals surface area contributed by atoms with Crippen molar-refractivity contribution in [3.63, 3.8) is 0 Å². The molecule has 1 aliphatic heterocycles. The maximum absolute atomic E-state index is 14.0. The maximum atomic E-state index is 14.0. The molecule has 9 heteroatoms. The van der Waals surface area contributed by atoms with Crippen molar-refractivity contribution in [3.8, 4) is 0 Å². The standard InChI is InChI=1S/C10H13FN2O6/c1-18-10(4-14)7(16)6(11)8(19-10)13-3-2-5(15)12-9(13)17/h2-3,6-8,14,16H,4H2,1H3,(H,12,15,17)/t6-,7+,8-,10-/m1/s1. The molecule has 1 saturated heterocycles. The Bertz CT molecular complexity index is 566. The van der Waals surface area contributed by atoms with Gasteiger partial charge in [0.05, 0.1) is 0 Å². The van der Waals surface area contributed by atoms with Gasteiger partial charge in [-0.1, -0.05) is 0 Å². The number of aromatic amines is 1. The van der Waals surface area contributed by atoms with Crippen LogP contribution in [-0.4, -0.2) is 51.5 Å². The summed E-state index contributed by atoms with van der Waals surface area (Å²) in [4.78, 5) is 24.4. The van der Waals surface area contributed by atoms with Crippen molar-refractivity contribution in [2.24, 2.45) is 0 Å². The van der Waals surface area contributed by atoms with E-state index in [2.05, 4.69) is 0 Å². The molecule has 3 N–H and O–H groups in total. The number of methoxy groups -OCH3 is 1. The van der Waals surface area contributed by atoms with Crippen LogP contribution in [0.15, 0.2) is 21.9 Å². The fourth-order valence-electron chi connectivity index (χ4n) is 1.94. The van der Waals surface area contributed by atoms with Crippen molar-refractivity contribution in [1.29, 1.82) is 0 Å². The fourth-order valence-corrected chi connectivity index (χ4v) is 1.94. The summed E-state index contributed by atoms with van der Waals surface area (Å²) in [5.41, 5.74) is -1.53. The van der Waals surface area contributed by atoms with Crippen LogP contribution in [0, 0.1) is 0 Å². The molecule has 19 heavy (non-hydrogen) atoms. The zero-order chi connectivity index (χ0) is 14.2. The van der Waals surface area contributed by atoms with Crippen LogP contribution in [0.5, 0.6) is 0 Å². The number of aliphatic hydroxyl groups is 2. The monoisotopic (exact) mass is 276 g/mol. The van der Waals surface area contributed by atoms with Gasteiger partial charge in [-0.3, -0.25) is 14.3 Å². The molecule has 8 nitrogen and oxygen atoms in total. The molecule has 0 amide bonds. The molecule has 2 heterocycles. The Morgan fingerprint density at radius 1 is 1.63 bits per heavy atom. The van der Waals surface area contributed by atoms with E-state index in [0.29, 0.717) is 0 Å². The second kappa shape index (κ2) is 4.85. The van der Waals surface area contributed by atoms with E-state index in [1.54, 1.807) is 0 Å². The molecule has 2 rings (SSSR count). The number of hydrogen-bond acceptors (Lipinski definition) is 6. The van der Waals surface area contributed by atoms with Crippen LogP contribution in [0.2, 0.25) is 0 Å². The predicted molar refractivity (Wildman–Crippen MR) is 59.2 cm³/mol. The van der Waals surface area contributed by atoms with Crippen LogP contribution in [0.25, 0.3) is 0 Å². The maximum Gasteiger partial charge on any atom is 0.330 e. The molecule has 0 aliphatic carbocycles. The first kappa shape index (κ1) is 13.9. The van der Waals surface area contributed by atoms with Crippen LogP contribution in [-0.2, 0) is 9.47 Å². The predicted octanol–water partition coefficient (Wildman–Crippen LogP) is -1.90. The van der Waals surface area contributed by atoms with Gasteiger partial charge in [0.1, 0.15) is 12.7 Å². The van der Waals surface area contributed by atoms with E-state index in [9.17, 15) is 19.1 Å². The molecule has 0 unspecified atom stereocenters. The van der Waals surface area contributed by atoms with Crippen LogP contribution in [0.1, 0.15) is 6.23 Å². The van der Waals surface area contributed by atoms with Crippen LogP contribution < -0.4 is 11.2 Å². The topological polar surface area (TPSA) is 114 Å². The summed E-state index contributed by atoms with van der Waals surface area (Å²) in [6, 6.07) is 1.01. The number of nitrogens with one attached hydrogen (secondary N) is 1. The zero-order valence-electron chi connectivity index (χ0n) is 9.95. The number of H-pyrrole nitrogens is 1. The smallest absolute Gasteiger partial charge is 0.330 e. The van der Waals surface area contributed by atoms with E-state index in [1.165, 1.54) is 0 Å². The number of nitrogens with zero attached hydrogens (tertiary/aromatic N) is 1. The minimum atomic E-state index is -2.00. The van der Waals surface area contributed by atoms with E-state index in [1.807, 2.05) is 4.98 Å². The number of alkyl halides is 1. The SMILES string of the molecule is CO[C@]1(CO)O[C@@H](n2ccc(=O)[nH]c2=O)[C@H](F)[C@@H]1O. The highest BCUT2D eigenvalue weighted by Gasteiger charge is 2.56. The number of halogens is 1. The number of ether oxygens (including phenoxy) is 2. The number of hydrogen-bond donors (Lipinski definition) is 3. The molecule has 4 atom stereocenters. The highest BCUT2D eigenvalue weighted by molar-refractivity contribution is 4.97. The first-order valence-electron chi connectivity index (χ1n) is 5.42. The van der Waals surface area contributed by atoms with Crippen molar-refractivity contribution in [2.45, 2.75) is 24.3 Å². The molecule has 1 aromatic heterocycles. The van der Waals surface area contributed by atoms with Gasteiger partial charge in [-0.2, -0.15) is 0 Å². The minimum Gasteiger partial charge on any atom is -0.391 e. The van der Waals surface area contributed by atoms with E-state index in [-0.39, 0.29) is 0 Å². The molecular formula is C10H13FN2O6. The quantitative estimate of drug-likeness (QED) is 0.594. The van der Waals surface area contributed by atoms with Crippen LogP contribution >= 0.6 is 0 Å².